The number of rotatable bonds is 7. The number of hydrogen-bond donors (Lipinski definition) is 1. The van der Waals surface area contributed by atoms with E-state index in [9.17, 15) is 9.18 Å². The Balaban J connectivity index is 1.58. The molecular formula is C16H19FN4O2S. The minimum absolute atomic E-state index is 0.0164. The molecule has 1 atom stereocenters. The van der Waals surface area contributed by atoms with Gasteiger partial charge in [-0.2, -0.15) is 0 Å². The largest absolute Gasteiger partial charge is 0.483 e. The summed E-state index contributed by atoms with van der Waals surface area (Å²) in [7, 11) is 1.83. The van der Waals surface area contributed by atoms with E-state index in [0.717, 1.165) is 12.8 Å². The zero-order valence-electron chi connectivity index (χ0n) is 13.5. The van der Waals surface area contributed by atoms with Gasteiger partial charge >= 0.3 is 0 Å². The lowest BCUT2D eigenvalue weighted by atomic mass is 10.3. The first-order chi connectivity index (χ1) is 11.5. The predicted octanol–water partition coefficient (Wildman–Crippen LogP) is 2.46. The number of thioether (sulfide) groups is 1. The fraction of sp³-hybridized carbons (Fsp3) is 0.438. The molecule has 1 aliphatic rings. The number of aromatic nitrogens is 3. The molecule has 8 heteroatoms. The van der Waals surface area contributed by atoms with E-state index >= 15 is 0 Å². The molecule has 2 aromatic rings. The van der Waals surface area contributed by atoms with Crippen molar-refractivity contribution in [2.45, 2.75) is 37.1 Å². The maximum Gasteiger partial charge on any atom is 0.230 e. The van der Waals surface area contributed by atoms with E-state index in [2.05, 4.69) is 15.5 Å². The Morgan fingerprint density at radius 2 is 2.12 bits per heavy atom. The highest BCUT2D eigenvalue weighted by molar-refractivity contribution is 7.99. The molecule has 3 rings (SSSR count). The average molecular weight is 350 g/mol. The molecule has 1 aromatic heterocycles. The molecule has 0 bridgehead atoms. The van der Waals surface area contributed by atoms with Gasteiger partial charge in [0.15, 0.2) is 17.1 Å². The highest BCUT2D eigenvalue weighted by atomic mass is 32.2. The molecule has 1 aromatic carbocycles. The maximum atomic E-state index is 12.9. The summed E-state index contributed by atoms with van der Waals surface area (Å²) in [5.41, 5.74) is 0. The van der Waals surface area contributed by atoms with Crippen LogP contribution in [0.15, 0.2) is 29.4 Å². The van der Waals surface area contributed by atoms with Gasteiger partial charge in [0.25, 0.3) is 0 Å². The summed E-state index contributed by atoms with van der Waals surface area (Å²) < 4.78 is 20.5. The number of carbonyl (C=O) groups excluding carboxylic acids is 1. The van der Waals surface area contributed by atoms with E-state index in [1.165, 1.54) is 23.9 Å². The normalized spacial score (nSPS) is 15.1. The third-order valence-electron chi connectivity index (χ3n) is 3.63. The molecule has 24 heavy (non-hydrogen) atoms. The summed E-state index contributed by atoms with van der Waals surface area (Å²) in [6, 6.07) is 6.19. The van der Waals surface area contributed by atoms with Gasteiger partial charge in [0.2, 0.25) is 5.91 Å². The van der Waals surface area contributed by atoms with Gasteiger partial charge in [-0.05, 0) is 44.0 Å². The number of hydrogen-bond acceptors (Lipinski definition) is 5. The number of ether oxygens (including phenoxy) is 1. The highest BCUT2D eigenvalue weighted by Crippen LogP contribution is 2.24. The third kappa shape index (κ3) is 4.25. The van der Waals surface area contributed by atoms with E-state index in [-0.39, 0.29) is 17.8 Å². The van der Waals surface area contributed by atoms with Gasteiger partial charge in [-0.15, -0.1) is 10.2 Å². The van der Waals surface area contributed by atoms with E-state index in [1.807, 2.05) is 18.5 Å². The highest BCUT2D eigenvalue weighted by Gasteiger charge is 2.24. The monoisotopic (exact) mass is 350 g/mol. The molecule has 1 saturated carbocycles. The van der Waals surface area contributed by atoms with Crippen LogP contribution in [0.4, 0.5) is 4.39 Å². The summed E-state index contributed by atoms with van der Waals surface area (Å²) in [5, 5.41) is 11.9. The quantitative estimate of drug-likeness (QED) is 0.777. The Morgan fingerprint density at radius 1 is 1.42 bits per heavy atom. The minimum Gasteiger partial charge on any atom is -0.483 e. The van der Waals surface area contributed by atoms with E-state index in [4.69, 9.17) is 4.74 Å². The minimum atomic E-state index is -0.345. The van der Waals surface area contributed by atoms with Gasteiger partial charge in [-0.25, -0.2) is 4.39 Å². The van der Waals surface area contributed by atoms with Gasteiger partial charge in [0, 0.05) is 13.1 Å². The van der Waals surface area contributed by atoms with E-state index in [1.54, 1.807) is 12.1 Å². The van der Waals surface area contributed by atoms with Crippen LogP contribution < -0.4 is 10.1 Å². The van der Waals surface area contributed by atoms with Gasteiger partial charge in [-0.1, -0.05) is 11.8 Å². The second kappa shape index (κ2) is 7.21. The molecule has 0 saturated heterocycles. The van der Waals surface area contributed by atoms with Gasteiger partial charge in [0.05, 0.1) is 5.75 Å². The Labute approximate surface area is 143 Å². The van der Waals surface area contributed by atoms with E-state index < -0.39 is 0 Å². The maximum absolute atomic E-state index is 12.9. The lowest BCUT2D eigenvalue weighted by Crippen LogP contribution is -2.27. The fourth-order valence-corrected chi connectivity index (χ4v) is 2.93. The molecule has 6 nitrogen and oxygen atoms in total. The van der Waals surface area contributed by atoms with Crippen LogP contribution in [-0.2, 0) is 11.8 Å². The van der Waals surface area contributed by atoms with Gasteiger partial charge in [0.1, 0.15) is 11.6 Å². The van der Waals surface area contributed by atoms with Crippen molar-refractivity contribution in [2.24, 2.45) is 7.05 Å². The number of halogens is 1. The first-order valence-electron chi connectivity index (χ1n) is 7.76. The van der Waals surface area contributed by atoms with Crippen LogP contribution in [0.2, 0.25) is 0 Å². The SMILES string of the molecule is CC(Oc1ccc(F)cc1)c1nnc(SCC(=O)NC2CC2)n1C. The molecule has 1 N–H and O–H groups in total. The van der Waals surface area contributed by atoms with Crippen molar-refractivity contribution < 1.29 is 13.9 Å². The van der Waals surface area contributed by atoms with Crippen LogP contribution >= 0.6 is 11.8 Å². The number of carbonyl (C=O) groups is 1. The summed E-state index contributed by atoms with van der Waals surface area (Å²) in [4.78, 5) is 11.7. The Hall–Kier alpha value is -2.09. The van der Waals surface area contributed by atoms with Crippen molar-refractivity contribution >= 4 is 17.7 Å². The van der Waals surface area contributed by atoms with Crippen molar-refractivity contribution in [3.8, 4) is 5.75 Å². The molecule has 1 fully saturated rings. The molecule has 128 valence electrons. The molecule has 1 aliphatic carbocycles. The smallest absolute Gasteiger partial charge is 0.230 e. The Kier molecular flexibility index (Phi) is 5.03. The molecule has 0 radical (unpaired) electrons. The molecule has 1 unspecified atom stereocenters. The molecular weight excluding hydrogens is 331 g/mol. The van der Waals surface area contributed by atoms with Crippen molar-refractivity contribution in [1.29, 1.82) is 0 Å². The lowest BCUT2D eigenvalue weighted by Gasteiger charge is -2.14. The summed E-state index contributed by atoms with van der Waals surface area (Å²) in [6.45, 7) is 1.85. The standard InChI is InChI=1S/C16H19FN4O2S/c1-10(23-13-7-3-11(17)4-8-13)15-19-20-16(21(15)2)24-9-14(22)18-12-5-6-12/h3-4,7-8,10,12H,5-6,9H2,1-2H3,(H,18,22). The second-order valence-electron chi connectivity index (χ2n) is 5.74. The number of nitrogens with zero attached hydrogens (tertiary/aromatic N) is 3. The average Bonchev–Trinajstić information content (AvgIpc) is 3.28. The summed E-state index contributed by atoms with van der Waals surface area (Å²) >= 11 is 1.34. The van der Waals surface area contributed by atoms with Crippen LogP contribution in [0.5, 0.6) is 5.75 Å². The molecule has 0 spiro atoms. The van der Waals surface area contributed by atoms with Crippen molar-refractivity contribution in [3.05, 3.63) is 35.9 Å². The third-order valence-corrected chi connectivity index (χ3v) is 4.65. The Bertz CT molecular complexity index is 715. The van der Waals surface area contributed by atoms with Gasteiger partial charge < -0.3 is 14.6 Å². The van der Waals surface area contributed by atoms with Crippen LogP contribution in [0.1, 0.15) is 31.7 Å². The fourth-order valence-electron chi connectivity index (χ4n) is 2.20. The Morgan fingerprint density at radius 3 is 2.79 bits per heavy atom. The molecule has 1 heterocycles. The van der Waals surface area contributed by atoms with Crippen LogP contribution in [-0.4, -0.2) is 32.5 Å². The zero-order chi connectivity index (χ0) is 17.1. The molecule has 1 amide bonds. The summed E-state index contributed by atoms with van der Waals surface area (Å²) in [6.07, 6.45) is 1.80. The number of benzene rings is 1. The van der Waals surface area contributed by atoms with Crippen molar-refractivity contribution in [1.82, 2.24) is 20.1 Å². The van der Waals surface area contributed by atoms with Gasteiger partial charge in [-0.3, -0.25) is 4.79 Å². The van der Waals surface area contributed by atoms with Crippen LogP contribution in [0, 0.1) is 5.82 Å². The predicted molar refractivity (Wildman–Crippen MR) is 88.3 cm³/mol. The topological polar surface area (TPSA) is 69.0 Å². The second-order valence-corrected chi connectivity index (χ2v) is 6.69. The van der Waals surface area contributed by atoms with Crippen LogP contribution in [0.3, 0.4) is 0 Å². The van der Waals surface area contributed by atoms with Crippen molar-refractivity contribution in [2.75, 3.05) is 5.75 Å². The zero-order valence-corrected chi connectivity index (χ0v) is 14.3. The first-order valence-corrected chi connectivity index (χ1v) is 8.75. The van der Waals surface area contributed by atoms with Crippen LogP contribution in [0.25, 0.3) is 0 Å². The number of amides is 1. The molecule has 0 aliphatic heterocycles. The first kappa shape index (κ1) is 16.8. The van der Waals surface area contributed by atoms with Crippen molar-refractivity contribution in [3.63, 3.8) is 0 Å². The summed E-state index contributed by atoms with van der Waals surface area (Å²) in [5.74, 6) is 1.23. The lowest BCUT2D eigenvalue weighted by molar-refractivity contribution is -0.118. The number of nitrogens with one attached hydrogen (secondary N) is 1. The van der Waals surface area contributed by atoms with E-state index in [0.29, 0.717) is 28.5 Å².